The van der Waals surface area contributed by atoms with Crippen molar-refractivity contribution < 1.29 is 4.79 Å². The number of carbonyl (C=O) groups excluding carboxylic acids is 1. The van der Waals surface area contributed by atoms with Gasteiger partial charge in [0.25, 0.3) is 0 Å². The highest BCUT2D eigenvalue weighted by atomic mass is 16.2. The van der Waals surface area contributed by atoms with Crippen molar-refractivity contribution in [2.75, 3.05) is 25.0 Å². The molecule has 2 N–H and O–H groups in total. The molecule has 1 atom stereocenters. The van der Waals surface area contributed by atoms with E-state index in [0.717, 1.165) is 56.0 Å². The van der Waals surface area contributed by atoms with Crippen LogP contribution < -0.4 is 10.6 Å². The van der Waals surface area contributed by atoms with Crippen LogP contribution >= 0.6 is 0 Å². The van der Waals surface area contributed by atoms with Gasteiger partial charge in [0.15, 0.2) is 0 Å². The highest BCUT2D eigenvalue weighted by Gasteiger charge is 2.23. The van der Waals surface area contributed by atoms with Crippen molar-refractivity contribution in [3.05, 3.63) is 23.5 Å². The van der Waals surface area contributed by atoms with Crippen LogP contribution in [0.4, 0.5) is 5.69 Å². The van der Waals surface area contributed by atoms with E-state index in [1.54, 1.807) is 6.92 Å². The van der Waals surface area contributed by atoms with Gasteiger partial charge in [-0.15, -0.1) is 4.99 Å². The number of hydrogen-bond donors (Lipinski definition) is 2. The van der Waals surface area contributed by atoms with Crippen LogP contribution in [0.1, 0.15) is 37.6 Å². The van der Waals surface area contributed by atoms with Crippen LogP contribution in [0, 0.1) is 31.2 Å². The van der Waals surface area contributed by atoms with Gasteiger partial charge in [-0.25, -0.2) is 0 Å². The Kier molecular flexibility index (Phi) is 6.75. The Morgan fingerprint density at radius 3 is 2.92 bits per heavy atom. The summed E-state index contributed by atoms with van der Waals surface area (Å²) in [5.41, 5.74) is 2.65. The lowest BCUT2D eigenvalue weighted by Gasteiger charge is -2.15. The standard InChI is InChI=1S/C18H26N6O/c1-13-6-7-17(14(2)22-13)23-18(21-12-19)20-9-4-5-16-8-10-24(11-16)15(3)25/h6-7,16H,4-5,8-11H2,1-3H3,(H2,20,21,23). The summed E-state index contributed by atoms with van der Waals surface area (Å²) < 4.78 is 0. The number of nitriles is 1. The number of nitrogens with one attached hydrogen (secondary N) is 2. The number of guanidine groups is 1. The van der Waals surface area contributed by atoms with Crippen molar-refractivity contribution in [1.29, 1.82) is 5.26 Å². The van der Waals surface area contributed by atoms with E-state index in [-0.39, 0.29) is 5.91 Å². The molecular formula is C18H26N6O. The van der Waals surface area contributed by atoms with Crippen LogP contribution in [0.5, 0.6) is 0 Å². The molecule has 0 saturated carbocycles. The molecule has 1 aromatic rings. The number of anilines is 1. The average Bonchev–Trinajstić information content (AvgIpc) is 3.03. The number of amides is 1. The summed E-state index contributed by atoms with van der Waals surface area (Å²) in [6.45, 7) is 7.94. The van der Waals surface area contributed by atoms with Gasteiger partial charge in [0, 0.05) is 32.3 Å². The zero-order valence-corrected chi connectivity index (χ0v) is 15.2. The lowest BCUT2D eigenvalue weighted by Crippen LogP contribution is -2.32. The van der Waals surface area contributed by atoms with Crippen molar-refractivity contribution in [2.45, 2.75) is 40.0 Å². The van der Waals surface area contributed by atoms with Crippen LogP contribution in [-0.4, -0.2) is 41.4 Å². The van der Waals surface area contributed by atoms with Gasteiger partial charge in [-0.1, -0.05) is 0 Å². The van der Waals surface area contributed by atoms with Gasteiger partial charge in [-0.3, -0.25) is 9.78 Å². The van der Waals surface area contributed by atoms with E-state index < -0.39 is 0 Å². The Morgan fingerprint density at radius 1 is 1.48 bits per heavy atom. The summed E-state index contributed by atoms with van der Waals surface area (Å²) in [7, 11) is 0. The van der Waals surface area contributed by atoms with Crippen LogP contribution in [0.15, 0.2) is 17.1 Å². The number of nitrogens with zero attached hydrogens (tertiary/aromatic N) is 4. The summed E-state index contributed by atoms with van der Waals surface area (Å²) in [5.74, 6) is 1.17. The fourth-order valence-electron chi connectivity index (χ4n) is 3.06. The predicted molar refractivity (Wildman–Crippen MR) is 98.0 cm³/mol. The van der Waals surface area contributed by atoms with E-state index in [9.17, 15) is 4.79 Å². The van der Waals surface area contributed by atoms with E-state index in [2.05, 4.69) is 20.6 Å². The van der Waals surface area contributed by atoms with Crippen molar-refractivity contribution in [1.82, 2.24) is 15.2 Å². The number of aryl methyl sites for hydroxylation is 2. The monoisotopic (exact) mass is 342 g/mol. The van der Waals surface area contributed by atoms with Crippen molar-refractivity contribution in [2.24, 2.45) is 10.9 Å². The van der Waals surface area contributed by atoms with Crippen molar-refractivity contribution >= 4 is 17.6 Å². The maximum absolute atomic E-state index is 11.4. The lowest BCUT2D eigenvalue weighted by atomic mass is 10.0. The molecule has 2 heterocycles. The number of rotatable bonds is 5. The molecule has 7 nitrogen and oxygen atoms in total. The summed E-state index contributed by atoms with van der Waals surface area (Å²) in [6.07, 6.45) is 4.92. The van der Waals surface area contributed by atoms with E-state index in [4.69, 9.17) is 5.26 Å². The first-order chi connectivity index (χ1) is 12.0. The SMILES string of the molecule is CC(=O)N1CCC(CCCN/C(=N/C#N)Nc2ccc(C)nc2C)C1. The minimum atomic E-state index is 0.162. The molecule has 1 unspecified atom stereocenters. The molecule has 25 heavy (non-hydrogen) atoms. The number of likely N-dealkylation sites (tertiary alicyclic amines) is 1. The molecule has 2 rings (SSSR count). The minimum absolute atomic E-state index is 0.162. The highest BCUT2D eigenvalue weighted by Crippen LogP contribution is 2.20. The molecule has 0 aromatic carbocycles. The van der Waals surface area contributed by atoms with Crippen LogP contribution in [0.3, 0.4) is 0 Å². The molecule has 0 aliphatic carbocycles. The topological polar surface area (TPSA) is 93.4 Å². The van der Waals surface area contributed by atoms with Gasteiger partial charge in [0.2, 0.25) is 18.1 Å². The first kappa shape index (κ1) is 18.7. The number of hydrogen-bond acceptors (Lipinski definition) is 4. The summed E-state index contributed by atoms with van der Waals surface area (Å²) >= 11 is 0. The molecule has 0 radical (unpaired) electrons. The second-order valence-electron chi connectivity index (χ2n) is 6.46. The molecule has 1 aliphatic rings. The smallest absolute Gasteiger partial charge is 0.219 e. The molecule has 134 valence electrons. The second-order valence-corrected chi connectivity index (χ2v) is 6.46. The molecule has 1 aromatic heterocycles. The van der Waals surface area contributed by atoms with Crippen molar-refractivity contribution in [3.63, 3.8) is 0 Å². The van der Waals surface area contributed by atoms with E-state index >= 15 is 0 Å². The number of aliphatic imine (C=N–C) groups is 1. The van der Waals surface area contributed by atoms with Gasteiger partial charge < -0.3 is 15.5 Å². The fraction of sp³-hybridized carbons (Fsp3) is 0.556. The third-order valence-corrected chi connectivity index (χ3v) is 4.45. The van der Waals surface area contributed by atoms with E-state index in [1.807, 2.05) is 37.1 Å². The average molecular weight is 342 g/mol. The fourth-order valence-corrected chi connectivity index (χ4v) is 3.06. The highest BCUT2D eigenvalue weighted by molar-refractivity contribution is 5.94. The quantitative estimate of drug-likeness (QED) is 0.370. The largest absolute Gasteiger partial charge is 0.355 e. The first-order valence-electron chi connectivity index (χ1n) is 8.67. The maximum atomic E-state index is 11.4. The van der Waals surface area contributed by atoms with Gasteiger partial charge >= 0.3 is 0 Å². The zero-order valence-electron chi connectivity index (χ0n) is 15.2. The molecule has 1 amide bonds. The Balaban J connectivity index is 1.78. The molecule has 7 heteroatoms. The normalized spacial score (nSPS) is 17.3. The lowest BCUT2D eigenvalue weighted by molar-refractivity contribution is -0.127. The predicted octanol–water partition coefficient (Wildman–Crippen LogP) is 2.19. The first-order valence-corrected chi connectivity index (χ1v) is 8.67. The summed E-state index contributed by atoms with van der Waals surface area (Å²) in [4.78, 5) is 21.5. The number of pyridine rings is 1. The van der Waals surface area contributed by atoms with Gasteiger partial charge in [0.05, 0.1) is 11.4 Å². The maximum Gasteiger partial charge on any atom is 0.219 e. The van der Waals surface area contributed by atoms with Crippen LogP contribution in [0.2, 0.25) is 0 Å². The third-order valence-electron chi connectivity index (χ3n) is 4.45. The number of aromatic nitrogens is 1. The molecule has 1 aliphatic heterocycles. The van der Waals surface area contributed by atoms with Crippen LogP contribution in [-0.2, 0) is 4.79 Å². The second kappa shape index (κ2) is 9.02. The third kappa shape index (κ3) is 5.75. The Bertz CT molecular complexity index is 679. The molecule has 0 bridgehead atoms. The van der Waals surface area contributed by atoms with Gasteiger partial charge in [-0.2, -0.15) is 5.26 Å². The van der Waals surface area contributed by atoms with Gasteiger partial charge in [-0.05, 0) is 51.2 Å². The Labute approximate surface area is 149 Å². The zero-order chi connectivity index (χ0) is 18.2. The molecule has 0 spiro atoms. The van der Waals surface area contributed by atoms with Crippen LogP contribution in [0.25, 0.3) is 0 Å². The summed E-state index contributed by atoms with van der Waals surface area (Å²) in [6, 6.07) is 3.85. The summed E-state index contributed by atoms with van der Waals surface area (Å²) in [5, 5.41) is 15.2. The molecule has 1 saturated heterocycles. The Hall–Kier alpha value is -2.62. The van der Waals surface area contributed by atoms with Crippen molar-refractivity contribution in [3.8, 4) is 6.19 Å². The Morgan fingerprint density at radius 2 is 2.28 bits per heavy atom. The minimum Gasteiger partial charge on any atom is -0.355 e. The van der Waals surface area contributed by atoms with E-state index in [0.29, 0.717) is 11.9 Å². The number of carbonyl (C=O) groups is 1. The molecule has 1 fully saturated rings. The molecular weight excluding hydrogens is 316 g/mol. The van der Waals surface area contributed by atoms with E-state index in [1.165, 1.54) is 0 Å². The van der Waals surface area contributed by atoms with Gasteiger partial charge in [0.1, 0.15) is 0 Å².